The number of aliphatic imine (C=N–C) groups is 1. The number of aryl methyl sites for hydroxylation is 1. The predicted octanol–water partition coefficient (Wildman–Crippen LogP) is 2.48. The predicted molar refractivity (Wildman–Crippen MR) is 113 cm³/mol. The molecule has 0 aliphatic rings. The molecule has 0 saturated heterocycles. The summed E-state index contributed by atoms with van der Waals surface area (Å²) in [5, 5.41) is 9.34. The van der Waals surface area contributed by atoms with E-state index in [1.165, 1.54) is 6.26 Å². The maximum atomic E-state index is 12.0. The molecular formula is C21H30N4O4. The van der Waals surface area contributed by atoms with E-state index in [0.29, 0.717) is 36.9 Å². The first kappa shape index (κ1) is 22.1. The molecule has 0 aliphatic heterocycles. The smallest absolute Gasteiger partial charge is 0.287 e. The van der Waals surface area contributed by atoms with Gasteiger partial charge in [0.2, 0.25) is 0 Å². The van der Waals surface area contributed by atoms with E-state index in [1.807, 2.05) is 32.0 Å². The molecule has 1 aromatic carbocycles. The molecule has 1 aromatic heterocycles. The van der Waals surface area contributed by atoms with Crippen LogP contribution in [0, 0.1) is 6.92 Å². The largest absolute Gasteiger partial charge is 0.493 e. The molecule has 3 N–H and O–H groups in total. The standard InChI is InChI=1S/C21H30N4O4/c1-5-22-21(25-14-16-7-8-17(27-3)18(13-16)28-4)24-11-6-10-23-20(26)19-15(2)9-12-29-19/h7-9,12-13H,5-6,10-11,14H2,1-4H3,(H,23,26)(H2,22,24,25). The Morgan fingerprint density at radius 1 is 1.07 bits per heavy atom. The molecule has 2 aromatic rings. The summed E-state index contributed by atoms with van der Waals surface area (Å²) in [6.07, 6.45) is 2.27. The first-order chi connectivity index (χ1) is 14.1. The zero-order chi connectivity index (χ0) is 21.1. The number of ether oxygens (including phenoxy) is 2. The Balaban J connectivity index is 1.80. The number of carbonyl (C=O) groups is 1. The van der Waals surface area contributed by atoms with Gasteiger partial charge in [0, 0.05) is 25.2 Å². The Bertz CT molecular complexity index is 817. The highest BCUT2D eigenvalue weighted by atomic mass is 16.5. The van der Waals surface area contributed by atoms with Gasteiger partial charge in [-0.3, -0.25) is 4.79 Å². The van der Waals surface area contributed by atoms with Gasteiger partial charge in [-0.1, -0.05) is 6.07 Å². The van der Waals surface area contributed by atoms with Crippen molar-refractivity contribution in [2.45, 2.75) is 26.8 Å². The lowest BCUT2D eigenvalue weighted by atomic mass is 10.2. The van der Waals surface area contributed by atoms with Crippen molar-refractivity contribution in [2.75, 3.05) is 33.9 Å². The maximum absolute atomic E-state index is 12.0. The summed E-state index contributed by atoms with van der Waals surface area (Å²) in [6.45, 7) is 6.34. The molecule has 158 valence electrons. The Morgan fingerprint density at radius 2 is 1.83 bits per heavy atom. The summed E-state index contributed by atoms with van der Waals surface area (Å²) in [4.78, 5) is 16.6. The molecule has 0 bridgehead atoms. The number of rotatable bonds is 10. The van der Waals surface area contributed by atoms with Gasteiger partial charge in [0.1, 0.15) is 0 Å². The number of hydrogen-bond acceptors (Lipinski definition) is 5. The molecular weight excluding hydrogens is 372 g/mol. The van der Waals surface area contributed by atoms with Crippen LogP contribution in [0.4, 0.5) is 0 Å². The van der Waals surface area contributed by atoms with Crippen molar-refractivity contribution in [2.24, 2.45) is 4.99 Å². The number of hydrogen-bond donors (Lipinski definition) is 3. The fourth-order valence-electron chi connectivity index (χ4n) is 2.67. The first-order valence-corrected chi connectivity index (χ1v) is 9.64. The van der Waals surface area contributed by atoms with Crippen LogP contribution in [-0.4, -0.2) is 45.7 Å². The molecule has 8 nitrogen and oxygen atoms in total. The van der Waals surface area contributed by atoms with Crippen LogP contribution in [0.1, 0.15) is 35.0 Å². The second-order valence-electron chi connectivity index (χ2n) is 6.35. The molecule has 1 heterocycles. The Kier molecular flexibility index (Phi) is 8.88. The number of methoxy groups -OCH3 is 2. The van der Waals surface area contributed by atoms with Crippen LogP contribution in [-0.2, 0) is 6.54 Å². The number of furan rings is 1. The summed E-state index contributed by atoms with van der Waals surface area (Å²) in [7, 11) is 3.23. The van der Waals surface area contributed by atoms with Gasteiger partial charge in [-0.15, -0.1) is 0 Å². The van der Waals surface area contributed by atoms with E-state index in [0.717, 1.165) is 30.1 Å². The lowest BCUT2D eigenvalue weighted by Gasteiger charge is -2.12. The van der Waals surface area contributed by atoms with Gasteiger partial charge in [-0.2, -0.15) is 0 Å². The third-order valence-corrected chi connectivity index (χ3v) is 4.21. The SMILES string of the molecule is CCNC(=NCc1ccc(OC)c(OC)c1)NCCCNC(=O)c1occc1C. The monoisotopic (exact) mass is 402 g/mol. The molecule has 1 amide bonds. The molecule has 0 saturated carbocycles. The van der Waals surface area contributed by atoms with Crippen molar-refractivity contribution in [1.82, 2.24) is 16.0 Å². The molecule has 29 heavy (non-hydrogen) atoms. The number of amides is 1. The van der Waals surface area contributed by atoms with Gasteiger partial charge in [-0.05, 0) is 44.0 Å². The minimum Gasteiger partial charge on any atom is -0.493 e. The van der Waals surface area contributed by atoms with Gasteiger partial charge in [0.05, 0.1) is 27.0 Å². The van der Waals surface area contributed by atoms with E-state index >= 15 is 0 Å². The van der Waals surface area contributed by atoms with Crippen molar-refractivity contribution in [3.63, 3.8) is 0 Å². The van der Waals surface area contributed by atoms with Crippen molar-refractivity contribution < 1.29 is 18.7 Å². The fourth-order valence-corrected chi connectivity index (χ4v) is 2.67. The Hall–Kier alpha value is -3.16. The van der Waals surface area contributed by atoms with Crippen LogP contribution in [0.25, 0.3) is 0 Å². The normalized spacial score (nSPS) is 11.1. The zero-order valence-electron chi connectivity index (χ0n) is 17.5. The number of nitrogens with zero attached hydrogens (tertiary/aromatic N) is 1. The summed E-state index contributed by atoms with van der Waals surface area (Å²) in [5.41, 5.74) is 1.85. The minimum atomic E-state index is -0.193. The molecule has 8 heteroatoms. The number of nitrogens with one attached hydrogen (secondary N) is 3. The Labute approximate surface area is 171 Å². The highest BCUT2D eigenvalue weighted by molar-refractivity contribution is 5.92. The number of carbonyl (C=O) groups excluding carboxylic acids is 1. The van der Waals surface area contributed by atoms with E-state index < -0.39 is 0 Å². The summed E-state index contributed by atoms with van der Waals surface area (Å²) < 4.78 is 15.8. The fraction of sp³-hybridized carbons (Fsp3) is 0.429. The van der Waals surface area contributed by atoms with Crippen molar-refractivity contribution in [1.29, 1.82) is 0 Å². The molecule has 0 unspecified atom stereocenters. The lowest BCUT2D eigenvalue weighted by molar-refractivity contribution is 0.0925. The zero-order valence-corrected chi connectivity index (χ0v) is 17.5. The third-order valence-electron chi connectivity index (χ3n) is 4.21. The average Bonchev–Trinajstić information content (AvgIpc) is 3.17. The van der Waals surface area contributed by atoms with Crippen LogP contribution in [0.5, 0.6) is 11.5 Å². The minimum absolute atomic E-state index is 0.193. The highest BCUT2D eigenvalue weighted by Crippen LogP contribution is 2.27. The summed E-state index contributed by atoms with van der Waals surface area (Å²) in [5.74, 6) is 2.26. The molecule has 0 radical (unpaired) electrons. The molecule has 2 rings (SSSR count). The van der Waals surface area contributed by atoms with E-state index in [2.05, 4.69) is 20.9 Å². The van der Waals surface area contributed by atoms with Crippen molar-refractivity contribution >= 4 is 11.9 Å². The first-order valence-electron chi connectivity index (χ1n) is 9.64. The highest BCUT2D eigenvalue weighted by Gasteiger charge is 2.11. The van der Waals surface area contributed by atoms with Gasteiger partial charge in [0.25, 0.3) is 5.91 Å². The molecule has 0 aliphatic carbocycles. The number of benzene rings is 1. The van der Waals surface area contributed by atoms with E-state index in [9.17, 15) is 4.79 Å². The lowest BCUT2D eigenvalue weighted by Crippen LogP contribution is -2.38. The average molecular weight is 402 g/mol. The van der Waals surface area contributed by atoms with Crippen molar-refractivity contribution in [3.05, 3.63) is 47.4 Å². The molecule has 0 spiro atoms. The number of guanidine groups is 1. The van der Waals surface area contributed by atoms with Crippen LogP contribution in [0.2, 0.25) is 0 Å². The van der Waals surface area contributed by atoms with Gasteiger partial charge in [0.15, 0.2) is 23.2 Å². The summed E-state index contributed by atoms with van der Waals surface area (Å²) >= 11 is 0. The van der Waals surface area contributed by atoms with E-state index in [4.69, 9.17) is 13.9 Å². The topological polar surface area (TPSA) is 97.1 Å². The van der Waals surface area contributed by atoms with Crippen LogP contribution in [0.15, 0.2) is 39.9 Å². The second-order valence-corrected chi connectivity index (χ2v) is 6.35. The van der Waals surface area contributed by atoms with Crippen molar-refractivity contribution in [3.8, 4) is 11.5 Å². The third kappa shape index (κ3) is 6.74. The van der Waals surface area contributed by atoms with Crippen LogP contribution < -0.4 is 25.4 Å². The summed E-state index contributed by atoms with van der Waals surface area (Å²) in [6, 6.07) is 7.51. The van der Waals surface area contributed by atoms with Crippen LogP contribution >= 0.6 is 0 Å². The Morgan fingerprint density at radius 3 is 2.48 bits per heavy atom. The maximum Gasteiger partial charge on any atom is 0.287 e. The van der Waals surface area contributed by atoms with Crippen LogP contribution in [0.3, 0.4) is 0 Å². The molecule has 0 atom stereocenters. The second kappa shape index (κ2) is 11.6. The van der Waals surface area contributed by atoms with Gasteiger partial charge in [-0.25, -0.2) is 4.99 Å². The van der Waals surface area contributed by atoms with E-state index in [-0.39, 0.29) is 5.91 Å². The van der Waals surface area contributed by atoms with Gasteiger partial charge >= 0.3 is 0 Å². The molecule has 0 fully saturated rings. The van der Waals surface area contributed by atoms with Gasteiger partial charge < -0.3 is 29.8 Å². The quantitative estimate of drug-likeness (QED) is 0.321. The van der Waals surface area contributed by atoms with E-state index in [1.54, 1.807) is 20.3 Å².